The smallest absolute Gasteiger partial charge is 0.350 e. The highest BCUT2D eigenvalue weighted by Gasteiger charge is 2.30. The fraction of sp³-hybridized carbons (Fsp3) is 0.360. The Morgan fingerprint density at radius 2 is 2.03 bits per heavy atom. The maximum Gasteiger partial charge on any atom is 0.355 e. The van der Waals surface area contributed by atoms with E-state index in [0.717, 1.165) is 11.1 Å². The second-order valence-corrected chi connectivity index (χ2v) is 9.24. The Hall–Kier alpha value is -3.26. The Bertz CT molecular complexity index is 1350. The molecule has 0 radical (unpaired) electrons. The Balaban J connectivity index is 1.96. The number of carbonyl (C=O) groups is 1. The van der Waals surface area contributed by atoms with E-state index in [0.29, 0.717) is 36.5 Å². The first-order valence-corrected chi connectivity index (χ1v) is 11.6. The molecule has 0 saturated carbocycles. The van der Waals surface area contributed by atoms with E-state index in [-0.39, 0.29) is 28.7 Å². The van der Waals surface area contributed by atoms with Crippen molar-refractivity contribution < 1.29 is 9.18 Å². The minimum Gasteiger partial charge on any atom is -0.350 e. The van der Waals surface area contributed by atoms with Crippen molar-refractivity contribution in [3.63, 3.8) is 0 Å². The van der Waals surface area contributed by atoms with E-state index < -0.39 is 11.5 Å². The number of hydrogen-bond donors (Lipinski definition) is 0. The summed E-state index contributed by atoms with van der Waals surface area (Å²) in [6.45, 7) is 12.8. The number of fused-ring (bicyclic) bond motifs is 1. The largest absolute Gasteiger partial charge is 0.355 e. The second kappa shape index (κ2) is 9.18. The first kappa shape index (κ1) is 23.9. The summed E-state index contributed by atoms with van der Waals surface area (Å²) >= 11 is 6.09. The van der Waals surface area contributed by atoms with Gasteiger partial charge in [0.05, 0.1) is 11.1 Å². The molecule has 0 aliphatic carbocycles. The molecule has 3 aromatic rings. The number of anilines is 1. The minimum absolute atomic E-state index is 0.128. The van der Waals surface area contributed by atoms with Crippen LogP contribution in [0.15, 0.2) is 41.7 Å². The van der Waals surface area contributed by atoms with Gasteiger partial charge in [0.25, 0.3) is 0 Å². The van der Waals surface area contributed by atoms with Crippen LogP contribution in [-0.4, -0.2) is 51.0 Å². The number of carbonyl (C=O) groups excluding carboxylic acids is 1. The van der Waals surface area contributed by atoms with E-state index in [9.17, 15) is 14.0 Å². The van der Waals surface area contributed by atoms with Gasteiger partial charge in [0.15, 0.2) is 16.6 Å². The van der Waals surface area contributed by atoms with Gasteiger partial charge in [0.2, 0.25) is 5.91 Å². The first-order valence-electron chi connectivity index (χ1n) is 11.2. The van der Waals surface area contributed by atoms with Crippen molar-refractivity contribution in [2.45, 2.75) is 39.7 Å². The fourth-order valence-electron chi connectivity index (χ4n) is 4.56. The molecular weight excluding hydrogens is 457 g/mol. The number of piperazine rings is 1. The van der Waals surface area contributed by atoms with Crippen molar-refractivity contribution >= 4 is 34.4 Å². The lowest BCUT2D eigenvalue weighted by atomic mass is 9.98. The van der Waals surface area contributed by atoms with E-state index >= 15 is 0 Å². The number of aryl methyl sites for hydroxylation is 1. The zero-order chi connectivity index (χ0) is 24.7. The Morgan fingerprint density at radius 1 is 1.29 bits per heavy atom. The maximum absolute atomic E-state index is 14.6. The third kappa shape index (κ3) is 4.07. The lowest BCUT2D eigenvalue weighted by molar-refractivity contribution is -0.126. The van der Waals surface area contributed by atoms with Gasteiger partial charge < -0.3 is 9.80 Å². The zero-order valence-electron chi connectivity index (χ0n) is 19.7. The fourth-order valence-corrected chi connectivity index (χ4v) is 4.69. The number of para-hydroxylation sites is 1. The van der Waals surface area contributed by atoms with Crippen LogP contribution in [0.2, 0.25) is 5.15 Å². The van der Waals surface area contributed by atoms with Gasteiger partial charge in [-0.15, -0.1) is 0 Å². The van der Waals surface area contributed by atoms with Crippen LogP contribution in [0.5, 0.6) is 0 Å². The van der Waals surface area contributed by atoms with Crippen LogP contribution < -0.4 is 10.6 Å². The molecule has 1 atom stereocenters. The van der Waals surface area contributed by atoms with Crippen LogP contribution in [-0.2, 0) is 4.79 Å². The molecule has 1 aliphatic heterocycles. The molecule has 1 aliphatic rings. The number of hydrogen-bond acceptors (Lipinski definition) is 5. The molecule has 1 amide bonds. The molecule has 0 bridgehead atoms. The molecule has 0 unspecified atom stereocenters. The molecule has 3 heterocycles. The van der Waals surface area contributed by atoms with Gasteiger partial charge in [-0.1, -0.05) is 50.2 Å². The van der Waals surface area contributed by atoms with E-state index in [2.05, 4.69) is 16.5 Å². The summed E-state index contributed by atoms with van der Waals surface area (Å²) in [6.07, 6.45) is 1.28. The number of nitrogens with zero attached hydrogens (tertiary/aromatic N) is 5. The highest BCUT2D eigenvalue weighted by Crippen LogP contribution is 2.32. The summed E-state index contributed by atoms with van der Waals surface area (Å²) in [5, 5.41) is 0.0711. The molecule has 1 fully saturated rings. The standard InChI is InChI=1S/C25H27ClFN5O2/c1-6-20(33)30-10-11-31(16(5)13-30)23-18-12-19(27)22(26)28-24(18)32(25(34)29-23)21-15(4)8-7-9-17(21)14(2)3/h6-9,12,14,16H,1,10-11,13H2,2-5H3/t16-/m0/s1. The predicted octanol–water partition coefficient (Wildman–Crippen LogP) is 4.23. The molecule has 1 aromatic carbocycles. The summed E-state index contributed by atoms with van der Waals surface area (Å²) in [4.78, 5) is 37.9. The highest BCUT2D eigenvalue weighted by molar-refractivity contribution is 6.30. The average molecular weight is 484 g/mol. The van der Waals surface area contributed by atoms with Crippen molar-refractivity contribution in [2.75, 3.05) is 24.5 Å². The molecular formula is C25H27ClFN5O2. The quantitative estimate of drug-likeness (QED) is 0.410. The van der Waals surface area contributed by atoms with Gasteiger partial charge in [-0.3, -0.25) is 4.79 Å². The normalized spacial score (nSPS) is 16.4. The Kier molecular flexibility index (Phi) is 6.45. The lowest BCUT2D eigenvalue weighted by Crippen LogP contribution is -2.54. The predicted molar refractivity (Wildman–Crippen MR) is 133 cm³/mol. The van der Waals surface area contributed by atoms with Gasteiger partial charge in [-0.2, -0.15) is 4.98 Å². The van der Waals surface area contributed by atoms with Gasteiger partial charge in [-0.05, 0) is 43.0 Å². The zero-order valence-corrected chi connectivity index (χ0v) is 20.4. The van der Waals surface area contributed by atoms with Crippen molar-refractivity contribution in [3.8, 4) is 5.69 Å². The molecule has 7 nitrogen and oxygen atoms in total. The van der Waals surface area contributed by atoms with Gasteiger partial charge in [-0.25, -0.2) is 18.7 Å². The monoisotopic (exact) mass is 483 g/mol. The Labute approximate surface area is 202 Å². The van der Waals surface area contributed by atoms with Crippen molar-refractivity contribution in [2.24, 2.45) is 0 Å². The molecule has 2 aromatic heterocycles. The molecule has 4 rings (SSSR count). The van der Waals surface area contributed by atoms with Crippen molar-refractivity contribution in [1.82, 2.24) is 19.4 Å². The third-order valence-electron chi connectivity index (χ3n) is 6.26. The SMILES string of the molecule is C=CC(=O)N1CCN(c2nc(=O)n(-c3c(C)cccc3C(C)C)c3nc(Cl)c(F)cc23)[C@@H](C)C1. The summed E-state index contributed by atoms with van der Waals surface area (Å²) < 4.78 is 16.1. The minimum atomic E-state index is -0.690. The molecule has 0 N–H and O–H groups in total. The summed E-state index contributed by atoms with van der Waals surface area (Å²) in [7, 11) is 0. The molecule has 9 heteroatoms. The van der Waals surface area contributed by atoms with Crippen LogP contribution in [0, 0.1) is 12.7 Å². The lowest BCUT2D eigenvalue weighted by Gasteiger charge is -2.40. The van der Waals surface area contributed by atoms with Crippen molar-refractivity contribution in [1.29, 1.82) is 0 Å². The number of benzene rings is 1. The topological polar surface area (TPSA) is 71.3 Å². The summed E-state index contributed by atoms with van der Waals surface area (Å²) in [6, 6.07) is 6.93. The van der Waals surface area contributed by atoms with Crippen LogP contribution in [0.1, 0.15) is 37.8 Å². The van der Waals surface area contributed by atoms with E-state index in [1.807, 2.05) is 50.8 Å². The van der Waals surface area contributed by atoms with Crippen LogP contribution in [0.3, 0.4) is 0 Å². The number of aromatic nitrogens is 3. The van der Waals surface area contributed by atoms with Crippen LogP contribution in [0.25, 0.3) is 16.7 Å². The van der Waals surface area contributed by atoms with Gasteiger partial charge in [0, 0.05) is 25.7 Å². The van der Waals surface area contributed by atoms with E-state index in [1.165, 1.54) is 16.7 Å². The van der Waals surface area contributed by atoms with Gasteiger partial charge in [0.1, 0.15) is 5.82 Å². The molecule has 178 valence electrons. The Morgan fingerprint density at radius 3 is 2.68 bits per heavy atom. The molecule has 34 heavy (non-hydrogen) atoms. The molecule has 0 spiro atoms. The van der Waals surface area contributed by atoms with Crippen molar-refractivity contribution in [3.05, 3.63) is 69.5 Å². The number of pyridine rings is 1. The summed E-state index contributed by atoms with van der Waals surface area (Å²) in [5.41, 5.74) is 2.22. The molecule has 1 saturated heterocycles. The van der Waals surface area contributed by atoms with E-state index in [1.54, 1.807) is 4.90 Å². The van der Waals surface area contributed by atoms with Gasteiger partial charge >= 0.3 is 5.69 Å². The first-order chi connectivity index (χ1) is 16.1. The average Bonchev–Trinajstić information content (AvgIpc) is 2.79. The third-order valence-corrected chi connectivity index (χ3v) is 6.52. The van der Waals surface area contributed by atoms with Crippen LogP contribution in [0.4, 0.5) is 10.2 Å². The number of amides is 1. The summed E-state index contributed by atoms with van der Waals surface area (Å²) in [5.74, 6) is -0.385. The number of halogens is 2. The maximum atomic E-state index is 14.6. The highest BCUT2D eigenvalue weighted by atomic mass is 35.5. The van der Waals surface area contributed by atoms with Crippen LogP contribution >= 0.6 is 11.6 Å². The number of rotatable bonds is 4. The van der Waals surface area contributed by atoms with E-state index in [4.69, 9.17) is 11.6 Å². The second-order valence-electron chi connectivity index (χ2n) is 8.88.